The molecule has 0 bridgehead atoms. The van der Waals surface area contributed by atoms with Gasteiger partial charge in [0.2, 0.25) is 5.60 Å². The topological polar surface area (TPSA) is 217 Å². The van der Waals surface area contributed by atoms with Gasteiger partial charge >= 0.3 is 17.9 Å². The summed E-state index contributed by atoms with van der Waals surface area (Å²) in [5.41, 5.74) is 2.96. The Morgan fingerprint density at radius 3 is 2.03 bits per heavy atom. The summed E-state index contributed by atoms with van der Waals surface area (Å²) in [5.74, 6) is -0.496. The molecule has 0 fully saturated rings. The van der Waals surface area contributed by atoms with E-state index < -0.39 is 29.1 Å². The van der Waals surface area contributed by atoms with Gasteiger partial charge in [-0.1, -0.05) is 13.8 Å². The first-order valence-electron chi connectivity index (χ1n) is 24.2. The molecular weight excluding hydrogens is 925 g/mol. The maximum absolute atomic E-state index is 13.7. The van der Waals surface area contributed by atoms with E-state index in [0.717, 1.165) is 27.6 Å². The molecule has 5 heterocycles. The van der Waals surface area contributed by atoms with Gasteiger partial charge in [0, 0.05) is 35.6 Å². The normalized spacial score (nSPS) is 17.8. The highest BCUT2D eigenvalue weighted by Gasteiger charge is 2.46. The molecule has 1 N–H and O–H groups in total. The first-order valence-corrected chi connectivity index (χ1v) is 24.2. The molecule has 71 heavy (non-hydrogen) atoms. The third-order valence-electron chi connectivity index (χ3n) is 12.9. The van der Waals surface area contributed by atoms with Crippen LogP contribution >= 0.6 is 0 Å². The van der Waals surface area contributed by atoms with Crippen LogP contribution in [0.5, 0.6) is 17.2 Å². The lowest BCUT2D eigenvalue weighted by Crippen LogP contribution is -2.46. The Morgan fingerprint density at radius 2 is 1.42 bits per heavy atom. The second-order valence-electron chi connectivity index (χ2n) is 17.6. The monoisotopic (exact) mass is 990 g/mol. The number of pyridine rings is 2. The molecule has 3 aliphatic heterocycles. The zero-order chi connectivity index (χ0) is 50.5. The Morgan fingerprint density at radius 1 is 0.803 bits per heavy atom. The zero-order valence-electron chi connectivity index (χ0n) is 41.6. The summed E-state index contributed by atoms with van der Waals surface area (Å²) in [7, 11) is 1.63. The summed E-state index contributed by atoms with van der Waals surface area (Å²) in [5, 5.41) is 12.0. The van der Waals surface area contributed by atoms with Crippen molar-refractivity contribution in [2.75, 3.05) is 106 Å². The number of aromatic nitrogens is 2. The highest BCUT2D eigenvalue weighted by atomic mass is 16.6. The lowest BCUT2D eigenvalue weighted by molar-refractivity contribution is -0.172. The Bertz CT molecular complexity index is 2600. The number of hydrogen-bond acceptors (Lipinski definition) is 18. The molecule has 2 aromatic heterocycles. The van der Waals surface area contributed by atoms with Gasteiger partial charge in [0.1, 0.15) is 30.5 Å². The van der Waals surface area contributed by atoms with Gasteiger partial charge in [0.15, 0.2) is 12.2 Å². The first-order chi connectivity index (χ1) is 34.3. The van der Waals surface area contributed by atoms with E-state index in [9.17, 15) is 24.3 Å². The van der Waals surface area contributed by atoms with Gasteiger partial charge in [0.05, 0.1) is 115 Å². The molecule has 2 unspecified atom stereocenters. The lowest BCUT2D eigenvalue weighted by Gasteiger charge is -2.35. The molecule has 0 radical (unpaired) electrons. The third kappa shape index (κ3) is 12.4. The van der Waals surface area contributed by atoms with Gasteiger partial charge in [-0.15, -0.1) is 0 Å². The lowest BCUT2D eigenvalue weighted by atomic mass is 9.86. The minimum atomic E-state index is -1.92. The number of aliphatic hydroxyl groups is 1. The second kappa shape index (κ2) is 24.7. The highest BCUT2D eigenvalue weighted by Crippen LogP contribution is 2.43. The summed E-state index contributed by atoms with van der Waals surface area (Å²) in [6, 6.07) is 8.67. The Balaban J connectivity index is 0.826. The van der Waals surface area contributed by atoms with Crippen molar-refractivity contribution in [3.63, 3.8) is 0 Å². The predicted molar refractivity (Wildman–Crippen MR) is 256 cm³/mol. The quantitative estimate of drug-likeness (QED) is 0.0411. The average molecular weight is 991 g/mol. The number of hydrogen-bond donors (Lipinski definition) is 1. The number of carbonyl (C=O) groups is 3. The molecular formula is C52H66N2O17. The van der Waals surface area contributed by atoms with Gasteiger partial charge in [-0.2, -0.15) is 0 Å². The molecule has 19 heteroatoms. The number of ether oxygens (including phenoxy) is 12. The van der Waals surface area contributed by atoms with E-state index in [4.69, 9.17) is 61.8 Å². The molecule has 0 saturated heterocycles. The van der Waals surface area contributed by atoms with Crippen LogP contribution in [0.1, 0.15) is 72.6 Å². The van der Waals surface area contributed by atoms with Crippen molar-refractivity contribution in [1.29, 1.82) is 0 Å². The van der Waals surface area contributed by atoms with Gasteiger partial charge in [-0.25, -0.2) is 19.4 Å². The molecule has 19 nitrogen and oxygen atoms in total. The molecule has 2 aromatic carbocycles. The molecule has 0 aliphatic carbocycles. The minimum absolute atomic E-state index is 0.0496. The maximum Gasteiger partial charge on any atom is 0.350 e. The standard InChI is InChI=1S/C52H66N2O17/c1-7-36-38-28-35(9-10-42(38)53-46-39(36)30-54-43(46)29-41-40(48(54)56)31-69-50(58)52(41,59)8-2)70-45(55)32-68-47-33(3)27-44-37(34(47)4)11-12-51(5,71-44)49(57)67-26-25-66-24-23-65-22-21-64-20-19-63-18-17-62-16-15-61-14-13-60-6/h9-10,27-29,59H,7-8,11-26,30-32H2,1-6H3. The number of rotatable bonds is 28. The van der Waals surface area contributed by atoms with Crippen LogP contribution in [-0.4, -0.2) is 144 Å². The number of benzene rings is 2. The predicted octanol–water partition coefficient (Wildman–Crippen LogP) is 4.62. The fourth-order valence-electron chi connectivity index (χ4n) is 8.98. The Kier molecular flexibility index (Phi) is 18.6. The summed E-state index contributed by atoms with van der Waals surface area (Å²) >= 11 is 0. The van der Waals surface area contributed by atoms with Crippen LogP contribution in [0.2, 0.25) is 0 Å². The van der Waals surface area contributed by atoms with Crippen molar-refractivity contribution in [3.05, 3.63) is 79.6 Å². The number of nitrogens with zero attached hydrogens (tertiary/aromatic N) is 2. The second-order valence-corrected chi connectivity index (χ2v) is 17.6. The molecule has 2 atom stereocenters. The largest absolute Gasteiger partial charge is 0.481 e. The van der Waals surface area contributed by atoms with E-state index in [1.165, 1.54) is 0 Å². The van der Waals surface area contributed by atoms with E-state index in [0.29, 0.717) is 138 Å². The zero-order valence-corrected chi connectivity index (χ0v) is 41.6. The number of carbonyl (C=O) groups excluding carboxylic acids is 3. The number of cyclic esters (lactones) is 1. The van der Waals surface area contributed by atoms with Crippen LogP contribution < -0.4 is 19.8 Å². The van der Waals surface area contributed by atoms with Crippen molar-refractivity contribution >= 4 is 28.8 Å². The summed E-state index contributed by atoms with van der Waals surface area (Å²) in [6.07, 6.45) is 1.54. The first kappa shape index (κ1) is 53.3. The molecule has 4 aromatic rings. The third-order valence-corrected chi connectivity index (χ3v) is 12.9. The summed E-state index contributed by atoms with van der Waals surface area (Å²) in [4.78, 5) is 57.8. The van der Waals surface area contributed by atoms with Crippen LogP contribution in [0.4, 0.5) is 0 Å². The Labute approximate surface area is 412 Å². The van der Waals surface area contributed by atoms with Crippen LogP contribution in [0.3, 0.4) is 0 Å². The van der Waals surface area contributed by atoms with Gasteiger partial charge in [-0.05, 0) is 87.1 Å². The van der Waals surface area contributed by atoms with Crippen LogP contribution in [0.15, 0.2) is 35.1 Å². The van der Waals surface area contributed by atoms with E-state index in [1.54, 1.807) is 55.9 Å². The molecule has 386 valence electrons. The van der Waals surface area contributed by atoms with Gasteiger partial charge < -0.3 is 66.5 Å². The van der Waals surface area contributed by atoms with Crippen molar-refractivity contribution in [3.8, 4) is 28.6 Å². The average Bonchev–Trinajstić information content (AvgIpc) is 3.73. The smallest absolute Gasteiger partial charge is 0.350 e. The van der Waals surface area contributed by atoms with Crippen molar-refractivity contribution < 1.29 is 76.3 Å². The van der Waals surface area contributed by atoms with E-state index in [-0.39, 0.29) is 56.1 Å². The van der Waals surface area contributed by atoms with Crippen LogP contribution in [0.25, 0.3) is 22.3 Å². The number of fused-ring (bicyclic) bond motifs is 6. The van der Waals surface area contributed by atoms with Crippen LogP contribution in [0, 0.1) is 13.8 Å². The summed E-state index contributed by atoms with van der Waals surface area (Å²) in [6.45, 7) is 14.6. The minimum Gasteiger partial charge on any atom is -0.481 e. The number of esters is 3. The van der Waals surface area contributed by atoms with E-state index in [1.807, 2.05) is 20.8 Å². The molecule has 0 amide bonds. The van der Waals surface area contributed by atoms with E-state index >= 15 is 0 Å². The highest BCUT2D eigenvalue weighted by molar-refractivity contribution is 5.90. The SMILES string of the molecule is CCc1c2c(nc3ccc(OC(=O)COc4c(C)cc5c(c4C)CCC(C)(C(=O)OCCOCCOCCOCCOCCOCCOCCOC)O5)cc13)-c1cc3c(c(=O)n1C2)COC(=O)C3(O)CC. The number of methoxy groups -OCH3 is 1. The fraction of sp³-hybridized carbons (Fsp3) is 0.558. The molecule has 0 spiro atoms. The van der Waals surface area contributed by atoms with Crippen molar-refractivity contribution in [2.24, 2.45) is 0 Å². The molecule has 3 aliphatic rings. The fourth-order valence-corrected chi connectivity index (χ4v) is 8.98. The van der Waals surface area contributed by atoms with Gasteiger partial charge in [0.25, 0.3) is 5.56 Å². The van der Waals surface area contributed by atoms with Gasteiger partial charge in [-0.3, -0.25) is 4.79 Å². The molecule has 7 rings (SSSR count). The number of aryl methyl sites for hydroxylation is 2. The Hall–Kier alpha value is -5.51. The van der Waals surface area contributed by atoms with Crippen molar-refractivity contribution in [2.45, 2.75) is 84.7 Å². The van der Waals surface area contributed by atoms with Crippen molar-refractivity contribution in [1.82, 2.24) is 9.55 Å². The van der Waals surface area contributed by atoms with Crippen LogP contribution in [-0.2, 0) is 88.6 Å². The van der Waals surface area contributed by atoms with E-state index in [2.05, 4.69) is 0 Å². The maximum atomic E-state index is 13.7. The summed E-state index contributed by atoms with van der Waals surface area (Å²) < 4.78 is 68.3. The molecule has 0 saturated carbocycles.